The molecule has 3 aromatic carbocycles. The van der Waals surface area contributed by atoms with Crippen LogP contribution in [0, 0.1) is 6.92 Å². The molecule has 1 aliphatic rings. The first-order valence-corrected chi connectivity index (χ1v) is 10.8. The molecule has 0 radical (unpaired) electrons. The van der Waals surface area contributed by atoms with Gasteiger partial charge >= 0.3 is 0 Å². The number of aromatic nitrogens is 3. The van der Waals surface area contributed by atoms with Gasteiger partial charge in [0, 0.05) is 40.5 Å². The highest BCUT2D eigenvalue weighted by atomic mass is 16.5. The number of aryl methyl sites for hydroxylation is 1. The maximum absolute atomic E-state index is 13.6. The van der Waals surface area contributed by atoms with Crippen LogP contribution >= 0.6 is 0 Å². The molecule has 33 heavy (non-hydrogen) atoms. The normalized spacial score (nSPS) is 12.6. The van der Waals surface area contributed by atoms with Crippen molar-refractivity contribution < 1.29 is 9.53 Å². The molecule has 2 aromatic heterocycles. The predicted molar refractivity (Wildman–Crippen MR) is 127 cm³/mol. The number of imidazole rings is 1. The lowest BCUT2D eigenvalue weighted by atomic mass is 9.87. The first-order valence-electron chi connectivity index (χ1n) is 10.8. The van der Waals surface area contributed by atoms with Crippen molar-refractivity contribution in [2.75, 3.05) is 5.32 Å². The SMILES string of the molecule is Cc1c(-c2cccc(NC(=O)C3c4ccccc4Oc4ccccc43)c2)nc2ncccn12. The standard InChI is InChI=1S/C27H20N4O2/c1-17-25(30-27-28-14-7-15-31(17)27)18-8-6-9-19(16-18)29-26(32)24-20-10-2-4-12-22(20)33-23-13-5-3-11-21(23)24/h2-16,24H,1H3,(H,29,32). The summed E-state index contributed by atoms with van der Waals surface area (Å²) in [4.78, 5) is 22.6. The Morgan fingerprint density at radius 1 is 0.939 bits per heavy atom. The number of ether oxygens (including phenoxy) is 1. The molecule has 160 valence electrons. The number of fused-ring (bicyclic) bond motifs is 3. The Bertz CT molecular complexity index is 1480. The van der Waals surface area contributed by atoms with Crippen molar-refractivity contribution in [3.8, 4) is 22.8 Å². The summed E-state index contributed by atoms with van der Waals surface area (Å²) in [5.41, 5.74) is 5.17. The van der Waals surface area contributed by atoms with Crippen LogP contribution in [0.1, 0.15) is 22.7 Å². The van der Waals surface area contributed by atoms with Crippen LogP contribution in [0.15, 0.2) is 91.3 Å². The lowest BCUT2D eigenvalue weighted by Gasteiger charge is -2.27. The second kappa shape index (κ2) is 7.60. The van der Waals surface area contributed by atoms with Crippen molar-refractivity contribution in [1.29, 1.82) is 0 Å². The van der Waals surface area contributed by atoms with E-state index >= 15 is 0 Å². The van der Waals surface area contributed by atoms with Crippen LogP contribution in [-0.2, 0) is 4.79 Å². The van der Waals surface area contributed by atoms with Gasteiger partial charge in [-0.3, -0.25) is 9.20 Å². The molecule has 6 rings (SSSR count). The number of nitrogens with zero attached hydrogens (tertiary/aromatic N) is 3. The zero-order valence-corrected chi connectivity index (χ0v) is 17.9. The lowest BCUT2D eigenvalue weighted by Crippen LogP contribution is -2.25. The Hall–Kier alpha value is -4.45. The zero-order valence-electron chi connectivity index (χ0n) is 17.9. The molecule has 0 atom stereocenters. The number of benzene rings is 3. The highest BCUT2D eigenvalue weighted by molar-refractivity contribution is 6.00. The van der Waals surface area contributed by atoms with Crippen molar-refractivity contribution in [3.05, 3.63) is 108 Å². The monoisotopic (exact) mass is 432 g/mol. The summed E-state index contributed by atoms with van der Waals surface area (Å²) in [7, 11) is 0. The minimum absolute atomic E-state index is 0.108. The van der Waals surface area contributed by atoms with Gasteiger partial charge in [0.05, 0.1) is 11.6 Å². The largest absolute Gasteiger partial charge is 0.457 e. The van der Waals surface area contributed by atoms with Gasteiger partial charge in [0.2, 0.25) is 11.7 Å². The fraction of sp³-hybridized carbons (Fsp3) is 0.0741. The fourth-order valence-electron chi connectivity index (χ4n) is 4.43. The second-order valence-corrected chi connectivity index (χ2v) is 8.02. The van der Waals surface area contributed by atoms with Crippen LogP contribution < -0.4 is 10.1 Å². The van der Waals surface area contributed by atoms with E-state index in [-0.39, 0.29) is 5.91 Å². The molecule has 1 amide bonds. The van der Waals surface area contributed by atoms with E-state index in [9.17, 15) is 4.79 Å². The first kappa shape index (κ1) is 19.3. The summed E-state index contributed by atoms with van der Waals surface area (Å²) in [5, 5.41) is 3.11. The first-order chi connectivity index (χ1) is 16.2. The van der Waals surface area contributed by atoms with E-state index in [2.05, 4.69) is 15.3 Å². The van der Waals surface area contributed by atoms with E-state index in [1.54, 1.807) is 6.20 Å². The third-order valence-corrected chi connectivity index (χ3v) is 5.99. The van der Waals surface area contributed by atoms with Crippen molar-refractivity contribution in [3.63, 3.8) is 0 Å². The van der Waals surface area contributed by atoms with Gasteiger partial charge in [0.15, 0.2) is 0 Å². The number of para-hydroxylation sites is 2. The molecule has 0 unspecified atom stereocenters. The Balaban J connectivity index is 1.36. The zero-order chi connectivity index (χ0) is 22.4. The minimum atomic E-state index is -0.462. The van der Waals surface area contributed by atoms with Crippen LogP contribution in [0.3, 0.4) is 0 Å². The molecule has 1 aliphatic heterocycles. The van der Waals surface area contributed by atoms with Gasteiger partial charge in [-0.05, 0) is 37.3 Å². The molecule has 0 spiro atoms. The van der Waals surface area contributed by atoms with Crippen LogP contribution in [0.2, 0.25) is 0 Å². The molecular weight excluding hydrogens is 412 g/mol. The number of amides is 1. The van der Waals surface area contributed by atoms with Gasteiger partial charge in [0.25, 0.3) is 0 Å². The second-order valence-electron chi connectivity index (χ2n) is 8.02. The maximum Gasteiger partial charge on any atom is 0.236 e. The van der Waals surface area contributed by atoms with Gasteiger partial charge in [-0.25, -0.2) is 9.97 Å². The van der Waals surface area contributed by atoms with Crippen LogP contribution in [0.5, 0.6) is 11.5 Å². The molecule has 0 saturated carbocycles. The van der Waals surface area contributed by atoms with Crippen molar-refractivity contribution >= 4 is 17.4 Å². The summed E-state index contributed by atoms with van der Waals surface area (Å²) in [6.07, 6.45) is 3.67. The lowest BCUT2D eigenvalue weighted by molar-refractivity contribution is -0.116. The minimum Gasteiger partial charge on any atom is -0.457 e. The van der Waals surface area contributed by atoms with E-state index < -0.39 is 5.92 Å². The van der Waals surface area contributed by atoms with Crippen molar-refractivity contribution in [1.82, 2.24) is 14.4 Å². The Morgan fingerprint density at radius 2 is 1.67 bits per heavy atom. The summed E-state index contributed by atoms with van der Waals surface area (Å²) in [6.45, 7) is 2.01. The van der Waals surface area contributed by atoms with E-state index in [0.717, 1.165) is 28.1 Å². The highest BCUT2D eigenvalue weighted by Crippen LogP contribution is 2.44. The number of carbonyl (C=O) groups excluding carboxylic acids is 1. The number of nitrogens with one attached hydrogen (secondary N) is 1. The van der Waals surface area contributed by atoms with Gasteiger partial charge in [-0.1, -0.05) is 48.5 Å². The molecule has 5 aromatic rings. The van der Waals surface area contributed by atoms with E-state index in [0.29, 0.717) is 23.0 Å². The highest BCUT2D eigenvalue weighted by Gasteiger charge is 2.32. The van der Waals surface area contributed by atoms with Gasteiger partial charge in [-0.2, -0.15) is 0 Å². The molecule has 6 heteroatoms. The molecule has 3 heterocycles. The average molecular weight is 432 g/mol. The van der Waals surface area contributed by atoms with Gasteiger partial charge < -0.3 is 10.1 Å². The fourth-order valence-corrected chi connectivity index (χ4v) is 4.43. The molecular formula is C27H20N4O2. The third kappa shape index (κ3) is 3.24. The molecule has 0 saturated heterocycles. The molecule has 0 fully saturated rings. The Labute approximate surface area is 190 Å². The topological polar surface area (TPSA) is 68.5 Å². The summed E-state index contributed by atoms with van der Waals surface area (Å²) in [5.74, 6) is 1.49. The van der Waals surface area contributed by atoms with Crippen molar-refractivity contribution in [2.24, 2.45) is 0 Å². The van der Waals surface area contributed by atoms with Crippen LogP contribution in [0.25, 0.3) is 17.0 Å². The van der Waals surface area contributed by atoms with E-state index in [4.69, 9.17) is 4.74 Å². The molecule has 6 nitrogen and oxygen atoms in total. The Kier molecular flexibility index (Phi) is 4.43. The summed E-state index contributed by atoms with van der Waals surface area (Å²) >= 11 is 0. The van der Waals surface area contributed by atoms with E-state index in [1.165, 1.54) is 0 Å². The maximum atomic E-state index is 13.6. The average Bonchev–Trinajstić information content (AvgIpc) is 3.19. The number of hydrogen-bond acceptors (Lipinski definition) is 4. The molecule has 1 N–H and O–H groups in total. The summed E-state index contributed by atoms with van der Waals surface area (Å²) in [6, 6.07) is 25.0. The third-order valence-electron chi connectivity index (χ3n) is 5.99. The predicted octanol–water partition coefficient (Wildman–Crippen LogP) is 5.58. The molecule has 0 aliphatic carbocycles. The van der Waals surface area contributed by atoms with Crippen molar-refractivity contribution in [2.45, 2.75) is 12.8 Å². The number of hydrogen-bond donors (Lipinski definition) is 1. The van der Waals surface area contributed by atoms with E-state index in [1.807, 2.05) is 96.4 Å². The van der Waals surface area contributed by atoms with Gasteiger partial charge in [-0.15, -0.1) is 0 Å². The number of carbonyl (C=O) groups is 1. The quantitative estimate of drug-likeness (QED) is 0.404. The van der Waals surface area contributed by atoms with Crippen LogP contribution in [-0.4, -0.2) is 20.3 Å². The Morgan fingerprint density at radius 3 is 2.39 bits per heavy atom. The van der Waals surface area contributed by atoms with Gasteiger partial charge in [0.1, 0.15) is 11.5 Å². The van der Waals surface area contributed by atoms with Crippen LogP contribution in [0.4, 0.5) is 5.69 Å². The number of anilines is 1. The molecule has 0 bridgehead atoms. The smallest absolute Gasteiger partial charge is 0.236 e. The summed E-state index contributed by atoms with van der Waals surface area (Å²) < 4.78 is 7.99. The number of rotatable bonds is 3.